The quantitative estimate of drug-likeness (QED) is 0.271. The van der Waals surface area contributed by atoms with Crippen molar-refractivity contribution in [3.05, 3.63) is 107 Å². The Morgan fingerprint density at radius 1 is 0.657 bits per heavy atom. The molecular weight excluding hydrogens is 452 g/mol. The van der Waals surface area contributed by atoms with E-state index in [2.05, 4.69) is 70.6 Å². The first-order chi connectivity index (χ1) is 17.2. The Labute approximate surface area is 204 Å². The van der Waals surface area contributed by atoms with Gasteiger partial charge in [0.05, 0.1) is 33.9 Å². The zero-order valence-electron chi connectivity index (χ0n) is 18.4. The van der Waals surface area contributed by atoms with E-state index in [1.54, 1.807) is 0 Å². The van der Waals surface area contributed by atoms with Crippen LogP contribution in [0.4, 0.5) is 0 Å². The lowest BCUT2D eigenvalue weighted by molar-refractivity contribution is -0.111. The van der Waals surface area contributed by atoms with Crippen LogP contribution in [-0.2, 0) is 4.79 Å². The molecule has 35 heavy (non-hydrogen) atoms. The maximum absolute atomic E-state index is 13.2. The highest BCUT2D eigenvalue weighted by molar-refractivity contribution is 8.14. The Hall–Kier alpha value is -4.16. The minimum absolute atomic E-state index is 0.0488. The predicted octanol–water partition coefficient (Wildman–Crippen LogP) is 6.51. The highest BCUT2D eigenvalue weighted by atomic mass is 32.2. The monoisotopic (exact) mass is 470 g/mol. The van der Waals surface area contributed by atoms with Crippen LogP contribution in [0.15, 0.2) is 72.8 Å². The van der Waals surface area contributed by atoms with Gasteiger partial charge in [-0.25, -0.2) is 9.97 Å². The Morgan fingerprint density at radius 3 is 2.06 bits per heavy atom. The van der Waals surface area contributed by atoms with E-state index in [0.717, 1.165) is 61.6 Å². The lowest BCUT2D eigenvalue weighted by Crippen LogP contribution is -2.26. The summed E-state index contributed by atoms with van der Waals surface area (Å²) in [5, 5.41) is 0.152. The number of hydrogen-bond donors (Lipinski definition) is 2. The molecule has 1 aliphatic carbocycles. The molecule has 0 fully saturated rings. The molecule has 166 valence electrons. The van der Waals surface area contributed by atoms with Gasteiger partial charge in [0.2, 0.25) is 5.12 Å². The van der Waals surface area contributed by atoms with Gasteiger partial charge in [-0.3, -0.25) is 4.79 Å². The Bertz CT molecular complexity index is 1820. The molecule has 10 bridgehead atoms. The SMILES string of the molecule is O=C1SC2C3=C(c4cc5ccc(cc6ccc(cc7nc(cc3n4)C=C7)[nH]6)[nH]5)C1c1ccccc12. The average Bonchev–Trinajstić information content (AvgIpc) is 3.65. The Morgan fingerprint density at radius 2 is 1.29 bits per heavy atom. The van der Waals surface area contributed by atoms with Gasteiger partial charge in [-0.1, -0.05) is 36.0 Å². The number of hydrogen-bond acceptors (Lipinski definition) is 4. The molecule has 3 aromatic heterocycles. The number of fused-ring (bicyclic) bond motifs is 9. The molecule has 2 unspecified atom stereocenters. The number of rotatable bonds is 0. The fraction of sp³-hybridized carbons (Fsp3) is 0.0690. The van der Waals surface area contributed by atoms with E-state index in [-0.39, 0.29) is 16.3 Å². The minimum Gasteiger partial charge on any atom is -0.355 e. The standard InChI is InChI=1S/C29H18N4OS/c34-29-25-21-3-1-2-4-22(21)28(35-29)27-24-14-20-10-8-18(32-20)12-16-6-5-15(30-16)11-17-7-9-19(31-17)13-23(33-24)26(25)27/h1-14,25,28,30-31H. The second kappa shape index (κ2) is 6.93. The third-order valence-corrected chi connectivity index (χ3v) is 8.22. The minimum atomic E-state index is -0.297. The number of aromatic amines is 2. The topological polar surface area (TPSA) is 74.4 Å². The van der Waals surface area contributed by atoms with Gasteiger partial charge in [0.1, 0.15) is 0 Å². The second-order valence-electron chi connectivity index (χ2n) is 9.20. The molecule has 9 rings (SSSR count). The van der Waals surface area contributed by atoms with Crippen molar-refractivity contribution in [2.24, 2.45) is 0 Å². The van der Waals surface area contributed by atoms with E-state index < -0.39 is 0 Å². The van der Waals surface area contributed by atoms with E-state index in [1.165, 1.54) is 17.3 Å². The third kappa shape index (κ3) is 2.87. The van der Waals surface area contributed by atoms with E-state index in [1.807, 2.05) is 24.3 Å². The summed E-state index contributed by atoms with van der Waals surface area (Å²) < 4.78 is 0. The van der Waals surface area contributed by atoms with Crippen LogP contribution >= 0.6 is 11.8 Å². The van der Waals surface area contributed by atoms with Crippen LogP contribution in [0.2, 0.25) is 0 Å². The number of thioether (sulfide) groups is 1. The lowest BCUT2D eigenvalue weighted by atomic mass is 9.76. The zero-order chi connectivity index (χ0) is 23.1. The van der Waals surface area contributed by atoms with Gasteiger partial charge in [0.25, 0.3) is 0 Å². The van der Waals surface area contributed by atoms with Crippen molar-refractivity contribution in [2.45, 2.75) is 11.2 Å². The number of H-pyrrole nitrogens is 2. The summed E-state index contributed by atoms with van der Waals surface area (Å²) in [6.07, 6.45) is 4.04. The maximum atomic E-state index is 13.2. The molecule has 5 nitrogen and oxygen atoms in total. The molecule has 4 aromatic rings. The van der Waals surface area contributed by atoms with E-state index in [0.29, 0.717) is 0 Å². The van der Waals surface area contributed by atoms with Gasteiger partial charge in [-0.2, -0.15) is 0 Å². The highest BCUT2D eigenvalue weighted by Gasteiger charge is 2.48. The summed E-state index contributed by atoms with van der Waals surface area (Å²) in [6.45, 7) is 0. The molecule has 1 aromatic carbocycles. The van der Waals surface area contributed by atoms with Crippen molar-refractivity contribution < 1.29 is 4.79 Å². The first-order valence-corrected chi connectivity index (χ1v) is 12.5. The van der Waals surface area contributed by atoms with Gasteiger partial charge in [-0.05, 0) is 71.8 Å². The molecule has 4 aliphatic heterocycles. The van der Waals surface area contributed by atoms with Crippen molar-refractivity contribution in [1.82, 2.24) is 19.9 Å². The van der Waals surface area contributed by atoms with Crippen molar-refractivity contribution in [2.75, 3.05) is 0 Å². The van der Waals surface area contributed by atoms with Crippen LogP contribution in [0.3, 0.4) is 0 Å². The van der Waals surface area contributed by atoms with E-state index in [4.69, 9.17) is 9.97 Å². The second-order valence-corrected chi connectivity index (χ2v) is 10.3. The molecule has 7 heterocycles. The number of carbonyl (C=O) groups excluding carboxylic acids is 1. The number of nitrogens with zero attached hydrogens (tertiary/aromatic N) is 2. The molecule has 0 saturated carbocycles. The number of aromatic nitrogens is 4. The summed E-state index contributed by atoms with van der Waals surface area (Å²) in [4.78, 5) is 30.1. The Kier molecular flexibility index (Phi) is 3.80. The molecule has 0 radical (unpaired) electrons. The average molecular weight is 471 g/mol. The molecule has 0 saturated heterocycles. The maximum Gasteiger partial charge on any atom is 0.201 e. The summed E-state index contributed by atoms with van der Waals surface area (Å²) in [6, 6.07) is 24.8. The Balaban J connectivity index is 1.46. The van der Waals surface area contributed by atoms with Crippen molar-refractivity contribution in [1.29, 1.82) is 0 Å². The van der Waals surface area contributed by atoms with Crippen molar-refractivity contribution in [3.8, 4) is 0 Å². The van der Waals surface area contributed by atoms with Gasteiger partial charge in [0, 0.05) is 33.2 Å². The number of nitrogens with one attached hydrogen (secondary N) is 2. The van der Waals surface area contributed by atoms with E-state index >= 15 is 0 Å². The summed E-state index contributed by atoms with van der Waals surface area (Å²) >= 11 is 1.43. The zero-order valence-corrected chi connectivity index (χ0v) is 19.3. The van der Waals surface area contributed by atoms with E-state index in [9.17, 15) is 4.79 Å². The number of carbonyl (C=O) groups is 1. The van der Waals surface area contributed by atoms with Crippen molar-refractivity contribution in [3.63, 3.8) is 0 Å². The van der Waals surface area contributed by atoms with Crippen LogP contribution in [0.1, 0.15) is 45.1 Å². The molecule has 6 heteroatoms. The molecule has 0 spiro atoms. The first kappa shape index (κ1) is 19.2. The van der Waals surface area contributed by atoms with Crippen LogP contribution in [0, 0.1) is 0 Å². The highest BCUT2D eigenvalue weighted by Crippen LogP contribution is 2.62. The number of benzene rings is 1. The summed E-state index contributed by atoms with van der Waals surface area (Å²) in [7, 11) is 0. The smallest absolute Gasteiger partial charge is 0.201 e. The van der Waals surface area contributed by atoms with Crippen LogP contribution in [0.5, 0.6) is 0 Å². The molecule has 2 N–H and O–H groups in total. The van der Waals surface area contributed by atoms with Gasteiger partial charge < -0.3 is 9.97 Å². The normalized spacial score (nSPS) is 19.7. The number of allylic oxidation sites excluding steroid dienone is 1. The molecular formula is C29H18N4OS. The van der Waals surface area contributed by atoms with Gasteiger partial charge in [-0.15, -0.1) is 0 Å². The third-order valence-electron chi connectivity index (χ3n) is 7.03. The van der Waals surface area contributed by atoms with Crippen LogP contribution in [0.25, 0.3) is 45.4 Å². The van der Waals surface area contributed by atoms with Gasteiger partial charge in [0.15, 0.2) is 0 Å². The van der Waals surface area contributed by atoms with Crippen LogP contribution in [-0.4, -0.2) is 25.1 Å². The summed E-state index contributed by atoms with van der Waals surface area (Å²) in [5.74, 6) is -0.297. The first-order valence-electron chi connectivity index (χ1n) is 11.6. The lowest BCUT2D eigenvalue weighted by Gasteiger charge is -2.37. The summed E-state index contributed by atoms with van der Waals surface area (Å²) in [5.41, 5.74) is 12.0. The fourth-order valence-corrected chi connectivity index (χ4v) is 6.89. The largest absolute Gasteiger partial charge is 0.355 e. The molecule has 0 amide bonds. The molecule has 5 aliphatic rings. The fourth-order valence-electron chi connectivity index (χ4n) is 5.57. The van der Waals surface area contributed by atoms with Gasteiger partial charge >= 0.3 is 0 Å². The van der Waals surface area contributed by atoms with Crippen LogP contribution < -0.4 is 0 Å². The van der Waals surface area contributed by atoms with Crippen molar-refractivity contribution >= 4 is 62.2 Å². The molecule has 2 atom stereocenters. The predicted molar refractivity (Wildman–Crippen MR) is 141 cm³/mol.